The Bertz CT molecular complexity index is 184. The van der Waals surface area contributed by atoms with E-state index in [9.17, 15) is 0 Å². The first kappa shape index (κ1) is 13.3. The first-order chi connectivity index (χ1) is 8.31. The van der Waals surface area contributed by atoms with Crippen molar-refractivity contribution in [2.75, 3.05) is 46.4 Å². The Morgan fingerprint density at radius 2 is 1.53 bits per heavy atom. The topological polar surface area (TPSA) is 15.7 Å². The molecule has 1 saturated carbocycles. The maximum absolute atomic E-state index is 5.44. The summed E-state index contributed by atoms with van der Waals surface area (Å²) in [6.07, 6.45) is 5.83. The van der Waals surface area contributed by atoms with E-state index in [1.165, 1.54) is 65.0 Å². The molecule has 0 radical (unpaired) electrons. The van der Waals surface area contributed by atoms with Crippen LogP contribution in [0.3, 0.4) is 0 Å². The van der Waals surface area contributed by atoms with Gasteiger partial charge in [-0.15, -0.1) is 0 Å². The molecule has 1 aliphatic heterocycles. The highest BCUT2D eigenvalue weighted by Gasteiger charge is 2.24. The molecule has 0 bridgehead atoms. The molecule has 0 aromatic carbocycles. The molecule has 0 amide bonds. The molecule has 1 heterocycles. The van der Waals surface area contributed by atoms with Crippen LogP contribution in [0.1, 0.15) is 32.6 Å². The normalized spacial score (nSPS) is 32.8. The summed E-state index contributed by atoms with van der Waals surface area (Å²) in [5, 5.41) is 0. The third kappa shape index (κ3) is 3.94. The molecule has 0 atom stereocenters. The molecular formula is C14H28N2O. The third-order valence-electron chi connectivity index (χ3n) is 4.56. The van der Waals surface area contributed by atoms with E-state index in [-0.39, 0.29) is 0 Å². The Kier molecular flexibility index (Phi) is 5.26. The highest BCUT2D eigenvalue weighted by Crippen LogP contribution is 2.26. The highest BCUT2D eigenvalue weighted by atomic mass is 16.5. The lowest BCUT2D eigenvalue weighted by atomic mass is 9.87. The standard InChI is InChI=1S/C14H28N2O/c1-3-15-8-10-16(11-9-15)12-13-4-6-14(17-2)7-5-13/h13-14H,3-12H2,1-2H3. The molecule has 1 saturated heterocycles. The monoisotopic (exact) mass is 240 g/mol. The number of piperazine rings is 1. The van der Waals surface area contributed by atoms with Gasteiger partial charge in [0, 0.05) is 39.8 Å². The highest BCUT2D eigenvalue weighted by molar-refractivity contribution is 4.78. The van der Waals surface area contributed by atoms with E-state index in [0.717, 1.165) is 5.92 Å². The van der Waals surface area contributed by atoms with Crippen molar-refractivity contribution < 1.29 is 4.74 Å². The number of nitrogens with zero attached hydrogens (tertiary/aromatic N) is 2. The summed E-state index contributed by atoms with van der Waals surface area (Å²) in [6.45, 7) is 9.90. The van der Waals surface area contributed by atoms with Gasteiger partial charge in [-0.05, 0) is 38.1 Å². The minimum Gasteiger partial charge on any atom is -0.381 e. The van der Waals surface area contributed by atoms with Crippen LogP contribution >= 0.6 is 0 Å². The third-order valence-corrected chi connectivity index (χ3v) is 4.56. The zero-order valence-corrected chi connectivity index (χ0v) is 11.5. The predicted octanol–water partition coefficient (Wildman–Crippen LogP) is 1.83. The van der Waals surface area contributed by atoms with Crippen molar-refractivity contribution in [2.45, 2.75) is 38.7 Å². The summed E-state index contributed by atoms with van der Waals surface area (Å²) >= 11 is 0. The van der Waals surface area contributed by atoms with E-state index in [4.69, 9.17) is 4.74 Å². The predicted molar refractivity (Wildman–Crippen MR) is 71.3 cm³/mol. The maximum atomic E-state index is 5.44. The summed E-state index contributed by atoms with van der Waals surface area (Å²) in [7, 11) is 1.86. The van der Waals surface area contributed by atoms with Crippen LogP contribution in [0, 0.1) is 5.92 Å². The van der Waals surface area contributed by atoms with Crippen LogP contribution in [0.4, 0.5) is 0 Å². The van der Waals surface area contributed by atoms with Crippen LogP contribution in [0.2, 0.25) is 0 Å². The Balaban J connectivity index is 1.65. The van der Waals surface area contributed by atoms with Crippen molar-refractivity contribution in [3.05, 3.63) is 0 Å². The minimum absolute atomic E-state index is 0.545. The molecule has 3 nitrogen and oxygen atoms in total. The first-order valence-electron chi connectivity index (χ1n) is 7.29. The number of hydrogen-bond acceptors (Lipinski definition) is 3. The summed E-state index contributed by atoms with van der Waals surface area (Å²) in [5.74, 6) is 0.926. The Hall–Kier alpha value is -0.120. The van der Waals surface area contributed by atoms with Crippen LogP contribution in [-0.2, 0) is 4.74 Å². The van der Waals surface area contributed by atoms with Gasteiger partial charge in [0.15, 0.2) is 0 Å². The molecule has 0 unspecified atom stereocenters. The lowest BCUT2D eigenvalue weighted by Crippen LogP contribution is -2.47. The fraction of sp³-hybridized carbons (Fsp3) is 1.00. The molecule has 0 aromatic rings. The van der Waals surface area contributed by atoms with Gasteiger partial charge in [0.2, 0.25) is 0 Å². The number of ether oxygens (including phenoxy) is 1. The van der Waals surface area contributed by atoms with Gasteiger partial charge >= 0.3 is 0 Å². The van der Waals surface area contributed by atoms with E-state index >= 15 is 0 Å². The molecule has 2 rings (SSSR count). The molecule has 17 heavy (non-hydrogen) atoms. The summed E-state index contributed by atoms with van der Waals surface area (Å²) in [5.41, 5.74) is 0. The second kappa shape index (κ2) is 6.72. The van der Waals surface area contributed by atoms with Gasteiger partial charge in [0.25, 0.3) is 0 Å². The first-order valence-corrected chi connectivity index (χ1v) is 7.29. The molecular weight excluding hydrogens is 212 g/mol. The zero-order valence-electron chi connectivity index (χ0n) is 11.5. The van der Waals surface area contributed by atoms with Gasteiger partial charge in [-0.1, -0.05) is 6.92 Å². The number of rotatable bonds is 4. The fourth-order valence-electron chi connectivity index (χ4n) is 3.20. The Labute approximate surface area is 106 Å². The van der Waals surface area contributed by atoms with Gasteiger partial charge in [-0.3, -0.25) is 0 Å². The van der Waals surface area contributed by atoms with Gasteiger partial charge in [0.1, 0.15) is 0 Å². The van der Waals surface area contributed by atoms with E-state index in [1.54, 1.807) is 0 Å². The van der Waals surface area contributed by atoms with E-state index in [1.807, 2.05) is 7.11 Å². The van der Waals surface area contributed by atoms with Crippen LogP contribution < -0.4 is 0 Å². The van der Waals surface area contributed by atoms with Gasteiger partial charge in [0.05, 0.1) is 6.10 Å². The average Bonchev–Trinajstić information content (AvgIpc) is 2.40. The van der Waals surface area contributed by atoms with Crippen LogP contribution in [0.5, 0.6) is 0 Å². The second-order valence-corrected chi connectivity index (χ2v) is 5.61. The van der Waals surface area contributed by atoms with Crippen molar-refractivity contribution in [3.63, 3.8) is 0 Å². The second-order valence-electron chi connectivity index (χ2n) is 5.61. The van der Waals surface area contributed by atoms with Crippen LogP contribution in [-0.4, -0.2) is 62.3 Å². The molecule has 100 valence electrons. The molecule has 0 aromatic heterocycles. The lowest BCUT2D eigenvalue weighted by molar-refractivity contribution is 0.0439. The Morgan fingerprint density at radius 1 is 0.941 bits per heavy atom. The fourth-order valence-corrected chi connectivity index (χ4v) is 3.20. The lowest BCUT2D eigenvalue weighted by Gasteiger charge is -2.37. The van der Waals surface area contributed by atoms with Crippen molar-refractivity contribution in [3.8, 4) is 0 Å². The largest absolute Gasteiger partial charge is 0.381 e. The van der Waals surface area contributed by atoms with Crippen molar-refractivity contribution in [2.24, 2.45) is 5.92 Å². The van der Waals surface area contributed by atoms with E-state index in [0.29, 0.717) is 6.10 Å². The molecule has 2 fully saturated rings. The van der Waals surface area contributed by atoms with Gasteiger partial charge in [-0.2, -0.15) is 0 Å². The summed E-state index contributed by atoms with van der Waals surface area (Å²) in [4.78, 5) is 5.22. The Morgan fingerprint density at radius 3 is 2.06 bits per heavy atom. The van der Waals surface area contributed by atoms with Crippen LogP contribution in [0.15, 0.2) is 0 Å². The number of likely N-dealkylation sites (N-methyl/N-ethyl adjacent to an activating group) is 1. The van der Waals surface area contributed by atoms with Crippen LogP contribution in [0.25, 0.3) is 0 Å². The van der Waals surface area contributed by atoms with E-state index in [2.05, 4.69) is 16.7 Å². The van der Waals surface area contributed by atoms with E-state index < -0.39 is 0 Å². The molecule has 2 aliphatic rings. The molecule has 3 heteroatoms. The van der Waals surface area contributed by atoms with Crippen molar-refractivity contribution in [1.82, 2.24) is 9.80 Å². The zero-order chi connectivity index (χ0) is 12.1. The smallest absolute Gasteiger partial charge is 0.0571 e. The molecule has 0 N–H and O–H groups in total. The van der Waals surface area contributed by atoms with Crippen molar-refractivity contribution in [1.29, 1.82) is 0 Å². The summed E-state index contributed by atoms with van der Waals surface area (Å²) < 4.78 is 5.44. The minimum atomic E-state index is 0.545. The quantitative estimate of drug-likeness (QED) is 0.745. The maximum Gasteiger partial charge on any atom is 0.0571 e. The molecule has 1 aliphatic carbocycles. The number of hydrogen-bond donors (Lipinski definition) is 0. The molecule has 0 spiro atoms. The van der Waals surface area contributed by atoms with Gasteiger partial charge in [-0.25, -0.2) is 0 Å². The average molecular weight is 240 g/mol. The SMILES string of the molecule is CCN1CCN(CC2CCC(OC)CC2)CC1. The van der Waals surface area contributed by atoms with Crippen molar-refractivity contribution >= 4 is 0 Å². The summed E-state index contributed by atoms with van der Waals surface area (Å²) in [6, 6.07) is 0. The van der Waals surface area contributed by atoms with Gasteiger partial charge < -0.3 is 14.5 Å². The number of methoxy groups -OCH3 is 1.